The molecule has 4 nitrogen and oxygen atoms in total. The van der Waals surface area contributed by atoms with Gasteiger partial charge in [-0.25, -0.2) is 0 Å². The average molecular weight is 664 g/mol. The lowest BCUT2D eigenvalue weighted by molar-refractivity contribution is -0.139. The Kier molecular flexibility index (Phi) is 13.9. The molecule has 2 aromatic carbocycles. The fourth-order valence-corrected chi connectivity index (χ4v) is 5.83. The van der Waals surface area contributed by atoms with Crippen molar-refractivity contribution in [3.8, 4) is 0 Å². The number of aliphatic hydroxyl groups is 1. The van der Waals surface area contributed by atoms with Crippen LogP contribution in [0.5, 0.6) is 0 Å². The number of Topliss-reactive ketones (excluding diaryl/α,β-unsaturated/α-hetero) is 1. The number of nitrogens with zero attached hydrogens (tertiary/aromatic N) is 1. The zero-order valence-electron chi connectivity index (χ0n) is 23.3. The number of aliphatic hydroxyl groups excluding tert-OH is 1. The molecule has 39 heavy (non-hydrogen) atoms. The van der Waals surface area contributed by atoms with Gasteiger partial charge in [-0.1, -0.05) is 114 Å². The van der Waals surface area contributed by atoms with Crippen molar-refractivity contribution in [3.05, 3.63) is 73.8 Å². The summed E-state index contributed by atoms with van der Waals surface area (Å²) in [6, 6.07) is 13.9. The van der Waals surface area contributed by atoms with Gasteiger partial charge in [0.2, 0.25) is 0 Å². The Morgan fingerprint density at radius 3 is 1.77 bits per heavy atom. The molecule has 1 aliphatic heterocycles. The highest BCUT2D eigenvalue weighted by Crippen LogP contribution is 2.39. The van der Waals surface area contributed by atoms with Crippen LogP contribution in [0.3, 0.4) is 0 Å². The first-order valence-corrected chi connectivity index (χ1v) is 16.2. The highest BCUT2D eigenvalue weighted by atomic mass is 127. The number of carbonyl (C=O) groups is 2. The first kappa shape index (κ1) is 31.7. The van der Waals surface area contributed by atoms with E-state index in [-0.39, 0.29) is 11.3 Å². The average Bonchev–Trinajstić information content (AvgIpc) is 3.18. The van der Waals surface area contributed by atoms with Crippen LogP contribution in [0.15, 0.2) is 54.1 Å². The molecule has 3 rings (SSSR count). The van der Waals surface area contributed by atoms with Gasteiger partial charge in [0.25, 0.3) is 11.7 Å². The lowest BCUT2D eigenvalue weighted by Gasteiger charge is -2.25. The molecule has 1 heterocycles. The van der Waals surface area contributed by atoms with Crippen LogP contribution >= 0.6 is 34.2 Å². The quantitative estimate of drug-likeness (QED) is 0.0603. The maximum atomic E-state index is 13.2. The summed E-state index contributed by atoms with van der Waals surface area (Å²) in [6.07, 6.45) is 17.7. The number of carbonyl (C=O) groups excluding carboxylic acids is 2. The van der Waals surface area contributed by atoms with E-state index < -0.39 is 17.7 Å². The molecule has 1 unspecified atom stereocenters. The van der Waals surface area contributed by atoms with Crippen LogP contribution in [0, 0.1) is 3.57 Å². The van der Waals surface area contributed by atoms with E-state index in [1.54, 1.807) is 29.2 Å². The predicted octanol–water partition coefficient (Wildman–Crippen LogP) is 9.85. The Morgan fingerprint density at radius 1 is 0.769 bits per heavy atom. The Hall–Kier alpha value is -1.86. The molecular weight excluding hydrogens is 621 g/mol. The van der Waals surface area contributed by atoms with E-state index in [1.165, 1.54) is 70.6 Å². The van der Waals surface area contributed by atoms with E-state index >= 15 is 0 Å². The number of rotatable bonds is 17. The van der Waals surface area contributed by atoms with Crippen molar-refractivity contribution < 1.29 is 14.7 Å². The van der Waals surface area contributed by atoms with Crippen LogP contribution in [0.1, 0.15) is 114 Å². The van der Waals surface area contributed by atoms with Crippen molar-refractivity contribution >= 4 is 51.6 Å². The summed E-state index contributed by atoms with van der Waals surface area (Å²) in [7, 11) is 0. The van der Waals surface area contributed by atoms with Crippen molar-refractivity contribution in [2.24, 2.45) is 0 Å². The molecule has 0 saturated carbocycles. The minimum Gasteiger partial charge on any atom is -0.507 e. The third kappa shape index (κ3) is 9.63. The van der Waals surface area contributed by atoms with Crippen LogP contribution in [0.25, 0.3) is 5.76 Å². The number of ketones is 1. The Morgan fingerprint density at radius 2 is 1.26 bits per heavy atom. The third-order valence-corrected chi connectivity index (χ3v) is 8.57. The molecule has 212 valence electrons. The number of halogens is 2. The van der Waals surface area contributed by atoms with E-state index in [4.69, 9.17) is 11.6 Å². The number of hydrogen-bond acceptors (Lipinski definition) is 3. The van der Waals surface area contributed by atoms with Crippen molar-refractivity contribution in [2.45, 2.75) is 103 Å². The highest BCUT2D eigenvalue weighted by Gasteiger charge is 2.45. The van der Waals surface area contributed by atoms with Gasteiger partial charge in [0.1, 0.15) is 5.76 Å². The van der Waals surface area contributed by atoms with Gasteiger partial charge in [0, 0.05) is 20.7 Å². The highest BCUT2D eigenvalue weighted by molar-refractivity contribution is 14.1. The van der Waals surface area contributed by atoms with Crippen molar-refractivity contribution in [1.29, 1.82) is 0 Å². The summed E-state index contributed by atoms with van der Waals surface area (Å²) in [5.74, 6) is -1.32. The molecule has 1 N–H and O–H groups in total. The SMILES string of the molecule is CCCCCCCCCCCCCCCCN1C(=O)C(=O)C(=C(O)c2ccc(Cl)cc2)C1c1ccc(I)cc1. The molecule has 0 bridgehead atoms. The fraction of sp³-hybridized carbons (Fsp3) is 0.515. The summed E-state index contributed by atoms with van der Waals surface area (Å²) in [6.45, 7) is 2.76. The predicted molar refractivity (Wildman–Crippen MR) is 170 cm³/mol. The largest absolute Gasteiger partial charge is 0.507 e. The van der Waals surface area contributed by atoms with Gasteiger partial charge in [0.05, 0.1) is 11.6 Å². The lowest BCUT2D eigenvalue weighted by atomic mass is 9.95. The molecule has 6 heteroatoms. The molecule has 1 saturated heterocycles. The topological polar surface area (TPSA) is 57.6 Å². The summed E-state index contributed by atoms with van der Waals surface area (Å²) in [5, 5.41) is 11.7. The van der Waals surface area contributed by atoms with E-state index in [0.29, 0.717) is 17.1 Å². The van der Waals surface area contributed by atoms with Gasteiger partial charge in [-0.2, -0.15) is 0 Å². The van der Waals surface area contributed by atoms with Crippen molar-refractivity contribution in [1.82, 2.24) is 4.90 Å². The minimum absolute atomic E-state index is 0.147. The van der Waals surface area contributed by atoms with E-state index in [9.17, 15) is 14.7 Å². The first-order valence-electron chi connectivity index (χ1n) is 14.7. The molecule has 0 aliphatic carbocycles. The second kappa shape index (κ2) is 17.1. The summed E-state index contributed by atoms with van der Waals surface area (Å²) in [5.41, 5.74) is 1.45. The van der Waals surface area contributed by atoms with Gasteiger partial charge in [-0.05, 0) is 71.0 Å². The molecule has 0 spiro atoms. The molecule has 0 radical (unpaired) electrons. The Bertz CT molecular complexity index is 1080. The normalized spacial score (nSPS) is 16.8. The lowest BCUT2D eigenvalue weighted by Crippen LogP contribution is -2.30. The Labute approximate surface area is 253 Å². The molecule has 2 aromatic rings. The maximum Gasteiger partial charge on any atom is 0.295 e. The molecule has 1 amide bonds. The summed E-state index contributed by atoms with van der Waals surface area (Å²) >= 11 is 8.25. The molecule has 1 atom stereocenters. The second-order valence-electron chi connectivity index (χ2n) is 10.6. The fourth-order valence-electron chi connectivity index (χ4n) is 5.34. The number of benzene rings is 2. The van der Waals surface area contributed by atoms with Gasteiger partial charge in [-0.3, -0.25) is 9.59 Å². The third-order valence-electron chi connectivity index (χ3n) is 7.60. The van der Waals surface area contributed by atoms with Crippen LogP contribution < -0.4 is 0 Å². The van der Waals surface area contributed by atoms with Crippen molar-refractivity contribution in [3.63, 3.8) is 0 Å². The van der Waals surface area contributed by atoms with Gasteiger partial charge in [-0.15, -0.1) is 0 Å². The van der Waals surface area contributed by atoms with E-state index in [2.05, 4.69) is 29.5 Å². The number of amides is 1. The zero-order chi connectivity index (χ0) is 28.0. The summed E-state index contributed by atoms with van der Waals surface area (Å²) < 4.78 is 1.07. The first-order chi connectivity index (χ1) is 18.9. The second-order valence-corrected chi connectivity index (χ2v) is 12.3. The monoisotopic (exact) mass is 663 g/mol. The van der Waals surface area contributed by atoms with Crippen molar-refractivity contribution in [2.75, 3.05) is 6.54 Å². The zero-order valence-corrected chi connectivity index (χ0v) is 26.2. The van der Waals surface area contributed by atoms with Gasteiger partial charge < -0.3 is 10.0 Å². The Balaban J connectivity index is 1.52. The molecular formula is C33H43ClINO3. The number of unbranched alkanes of at least 4 members (excludes halogenated alkanes) is 13. The molecule has 1 aliphatic rings. The van der Waals surface area contributed by atoms with E-state index in [1.807, 2.05) is 24.3 Å². The standard InChI is InChI=1S/C33H43ClINO3/c1-2-3-4-5-6-7-8-9-10-11-12-13-14-15-24-36-30(25-18-22-28(35)23-19-25)29(32(38)33(36)39)31(37)26-16-20-27(34)21-17-26/h16-23,30,37H,2-15,24H2,1H3. The summed E-state index contributed by atoms with van der Waals surface area (Å²) in [4.78, 5) is 27.9. The minimum atomic E-state index is -0.628. The van der Waals surface area contributed by atoms with Crippen LogP contribution in [0.4, 0.5) is 0 Å². The van der Waals surface area contributed by atoms with Crippen LogP contribution in [0.2, 0.25) is 5.02 Å². The number of likely N-dealkylation sites (tertiary alicyclic amines) is 1. The van der Waals surface area contributed by atoms with Crippen LogP contribution in [-0.2, 0) is 9.59 Å². The van der Waals surface area contributed by atoms with Gasteiger partial charge in [0.15, 0.2) is 0 Å². The van der Waals surface area contributed by atoms with Gasteiger partial charge >= 0.3 is 0 Å². The molecule has 1 fully saturated rings. The van der Waals surface area contributed by atoms with Crippen LogP contribution in [-0.4, -0.2) is 28.2 Å². The molecule has 0 aromatic heterocycles. The van der Waals surface area contributed by atoms with E-state index in [0.717, 1.165) is 28.4 Å². The number of hydrogen-bond donors (Lipinski definition) is 1. The maximum absolute atomic E-state index is 13.2. The smallest absolute Gasteiger partial charge is 0.295 e.